The molecule has 0 saturated carbocycles. The number of carbonyl (C=O) groups excluding carboxylic acids is 2. The van der Waals surface area contributed by atoms with Crippen LogP contribution in [0.3, 0.4) is 0 Å². The van der Waals surface area contributed by atoms with Gasteiger partial charge in [0.15, 0.2) is 0 Å². The van der Waals surface area contributed by atoms with E-state index >= 15 is 0 Å². The van der Waals surface area contributed by atoms with Crippen molar-refractivity contribution in [1.29, 1.82) is 0 Å². The summed E-state index contributed by atoms with van der Waals surface area (Å²) in [5.41, 5.74) is 1.74. The number of nitrogens with one attached hydrogen (secondary N) is 2. The number of amides is 2. The molecule has 0 aliphatic heterocycles. The van der Waals surface area contributed by atoms with Gasteiger partial charge in [0.2, 0.25) is 0 Å². The topological polar surface area (TPSA) is 101 Å². The zero-order chi connectivity index (χ0) is 13.5. The van der Waals surface area contributed by atoms with Gasteiger partial charge in [0.1, 0.15) is 0 Å². The summed E-state index contributed by atoms with van der Waals surface area (Å²) in [5, 5.41) is 19.8. The molecule has 1 rings (SSSR count). The van der Waals surface area contributed by atoms with Gasteiger partial charge < -0.3 is 20.1 Å². The summed E-state index contributed by atoms with van der Waals surface area (Å²) in [4.78, 5) is 23.5. The first-order chi connectivity index (χ1) is 8.54. The molecule has 0 atom stereocenters. The Morgan fingerprint density at radius 2 is 2.21 bits per heavy atom. The zero-order valence-electron chi connectivity index (χ0n) is 11.5. The molecule has 1 aromatic rings. The molecule has 0 saturated heterocycles. The summed E-state index contributed by atoms with van der Waals surface area (Å²) in [7, 11) is 0. The molecule has 0 aliphatic rings. The largest absolute Gasteiger partial charge is 1.00 e. The Kier molecular flexibility index (Phi) is 9.28. The molecule has 0 spiro atoms. The fourth-order valence-corrected chi connectivity index (χ4v) is 1.51. The van der Waals surface area contributed by atoms with Crippen LogP contribution in [0.5, 0.6) is 0 Å². The van der Waals surface area contributed by atoms with Crippen LogP contribution in [0, 0.1) is 6.92 Å². The van der Waals surface area contributed by atoms with Crippen LogP contribution in [0.2, 0.25) is 0 Å². The van der Waals surface area contributed by atoms with Gasteiger partial charge in [-0.15, -0.1) is 0 Å². The molecular weight excluding hydrogens is 275 g/mol. The van der Waals surface area contributed by atoms with Crippen molar-refractivity contribution in [2.45, 2.75) is 26.8 Å². The van der Waals surface area contributed by atoms with Crippen molar-refractivity contribution >= 4 is 12.0 Å². The van der Waals surface area contributed by atoms with Crippen molar-refractivity contribution in [3.63, 3.8) is 0 Å². The maximum atomic E-state index is 11.8. The monoisotopic (exact) mass is 292 g/mol. The van der Waals surface area contributed by atoms with Crippen LogP contribution in [0.4, 0.5) is 4.79 Å². The number of hydrogen-bond acceptors (Lipinski definition) is 4. The van der Waals surface area contributed by atoms with Gasteiger partial charge in [0.25, 0.3) is 0 Å². The number of nitrogens with zero attached hydrogens (tertiary/aromatic N) is 2. The van der Waals surface area contributed by atoms with Gasteiger partial charge in [-0.05, 0) is 13.3 Å². The quantitative estimate of drug-likeness (QED) is 0.529. The van der Waals surface area contributed by atoms with Gasteiger partial charge in [0, 0.05) is 24.3 Å². The van der Waals surface area contributed by atoms with Crippen LogP contribution in [0.1, 0.15) is 24.6 Å². The minimum absolute atomic E-state index is 0. The summed E-state index contributed by atoms with van der Waals surface area (Å²) >= 11 is 0. The van der Waals surface area contributed by atoms with Crippen LogP contribution in [-0.2, 0) is 11.3 Å². The van der Waals surface area contributed by atoms with Gasteiger partial charge in [-0.3, -0.25) is 5.10 Å². The second-order valence-corrected chi connectivity index (χ2v) is 3.97. The number of carboxylic acids is 1. The number of aryl methyl sites for hydroxylation is 1. The van der Waals surface area contributed by atoms with E-state index in [0.717, 1.165) is 11.3 Å². The van der Waals surface area contributed by atoms with Crippen molar-refractivity contribution in [2.24, 2.45) is 0 Å². The van der Waals surface area contributed by atoms with Crippen LogP contribution in [0.25, 0.3) is 0 Å². The SMILES string of the molecule is CCCN(CC(=O)[O-])C(=O)NCc1cn[nH]c1C.[K+]. The Labute approximate surface area is 154 Å². The molecule has 0 bridgehead atoms. The predicted molar refractivity (Wildman–Crippen MR) is 62.4 cm³/mol. The summed E-state index contributed by atoms with van der Waals surface area (Å²) in [6.07, 6.45) is 2.31. The average molecular weight is 292 g/mol. The van der Waals surface area contributed by atoms with Crippen LogP contribution in [0.15, 0.2) is 6.20 Å². The number of hydrogen-bond donors (Lipinski definition) is 2. The fourth-order valence-electron chi connectivity index (χ4n) is 1.51. The van der Waals surface area contributed by atoms with E-state index in [4.69, 9.17) is 0 Å². The minimum atomic E-state index is -1.27. The molecule has 7 nitrogen and oxygen atoms in total. The van der Waals surface area contributed by atoms with Gasteiger partial charge in [-0.2, -0.15) is 5.10 Å². The first kappa shape index (κ1) is 18.6. The Bertz CT molecular complexity index is 422. The number of aromatic amines is 1. The molecule has 0 fully saturated rings. The number of rotatable bonds is 6. The first-order valence-corrected chi connectivity index (χ1v) is 5.76. The molecule has 2 amide bonds. The summed E-state index contributed by atoms with van der Waals surface area (Å²) in [6, 6.07) is -0.415. The second-order valence-electron chi connectivity index (χ2n) is 3.97. The number of aliphatic carboxylic acids is 1. The third-order valence-corrected chi connectivity index (χ3v) is 2.47. The second kappa shape index (κ2) is 9.48. The fraction of sp³-hybridized carbons (Fsp3) is 0.545. The zero-order valence-corrected chi connectivity index (χ0v) is 14.6. The van der Waals surface area contributed by atoms with Crippen molar-refractivity contribution in [1.82, 2.24) is 20.4 Å². The van der Waals surface area contributed by atoms with Gasteiger partial charge in [0.05, 0.1) is 18.7 Å². The first-order valence-electron chi connectivity index (χ1n) is 5.76. The molecule has 100 valence electrons. The molecule has 0 radical (unpaired) electrons. The molecule has 1 heterocycles. The normalized spacial score (nSPS) is 9.58. The van der Waals surface area contributed by atoms with E-state index in [1.165, 1.54) is 4.90 Å². The third-order valence-electron chi connectivity index (χ3n) is 2.47. The molecular formula is C11H17KN4O3. The van der Waals surface area contributed by atoms with Crippen molar-refractivity contribution < 1.29 is 66.1 Å². The smallest absolute Gasteiger partial charge is 0.548 e. The molecule has 8 heteroatoms. The Morgan fingerprint density at radius 3 is 2.68 bits per heavy atom. The predicted octanol–water partition coefficient (Wildman–Crippen LogP) is -3.61. The van der Waals surface area contributed by atoms with Crippen LogP contribution >= 0.6 is 0 Å². The van der Waals surface area contributed by atoms with Crippen LogP contribution in [-0.4, -0.2) is 40.2 Å². The standard InChI is InChI=1S/C11H18N4O3.K/c1-3-4-15(7-10(16)17)11(18)12-5-9-6-13-14-8(9)2;/h6H,3-5,7H2,1-2H3,(H,12,18)(H,13,14)(H,16,17);/q;+1/p-1. The number of carboxylic acid groups (broad SMARTS) is 1. The Hall–Kier alpha value is -0.414. The van der Waals surface area contributed by atoms with E-state index in [1.54, 1.807) is 6.20 Å². The average Bonchev–Trinajstić information content (AvgIpc) is 2.70. The Morgan fingerprint density at radius 1 is 1.53 bits per heavy atom. The van der Waals surface area contributed by atoms with E-state index in [2.05, 4.69) is 15.5 Å². The Balaban J connectivity index is 0.00000324. The van der Waals surface area contributed by atoms with E-state index in [0.29, 0.717) is 19.5 Å². The number of urea groups is 1. The molecule has 0 aromatic carbocycles. The van der Waals surface area contributed by atoms with E-state index in [9.17, 15) is 14.7 Å². The molecule has 0 aliphatic carbocycles. The molecule has 0 unspecified atom stereocenters. The molecule has 19 heavy (non-hydrogen) atoms. The van der Waals surface area contributed by atoms with Crippen molar-refractivity contribution in [3.8, 4) is 0 Å². The van der Waals surface area contributed by atoms with Crippen molar-refractivity contribution in [3.05, 3.63) is 17.5 Å². The maximum Gasteiger partial charge on any atom is 1.00 e. The van der Waals surface area contributed by atoms with Crippen LogP contribution < -0.4 is 61.8 Å². The summed E-state index contributed by atoms with van der Waals surface area (Å²) in [6.45, 7) is 4.01. The molecule has 1 aromatic heterocycles. The van der Waals surface area contributed by atoms with Gasteiger partial charge in [-0.1, -0.05) is 6.92 Å². The minimum Gasteiger partial charge on any atom is -0.548 e. The van der Waals surface area contributed by atoms with Gasteiger partial charge in [-0.25, -0.2) is 4.79 Å². The molecule has 2 N–H and O–H groups in total. The number of carbonyl (C=O) groups is 2. The van der Waals surface area contributed by atoms with E-state index < -0.39 is 18.5 Å². The van der Waals surface area contributed by atoms with Gasteiger partial charge >= 0.3 is 57.4 Å². The summed E-state index contributed by atoms with van der Waals surface area (Å²) < 4.78 is 0. The number of aromatic nitrogens is 2. The third kappa shape index (κ3) is 6.53. The van der Waals surface area contributed by atoms with E-state index in [1.807, 2.05) is 13.8 Å². The summed E-state index contributed by atoms with van der Waals surface area (Å²) in [5.74, 6) is -1.27. The van der Waals surface area contributed by atoms with Crippen molar-refractivity contribution in [2.75, 3.05) is 13.1 Å². The maximum absolute atomic E-state index is 11.8. The van der Waals surface area contributed by atoms with E-state index in [-0.39, 0.29) is 51.4 Å². The number of H-pyrrole nitrogens is 1.